The van der Waals surface area contributed by atoms with Crippen LogP contribution in [0.15, 0.2) is 0 Å². The Kier molecular flexibility index (Phi) is 5.11. The number of anilines is 2. The van der Waals surface area contributed by atoms with Crippen molar-refractivity contribution < 1.29 is 0 Å². The Balaban J connectivity index is 3.08. The van der Waals surface area contributed by atoms with Crippen LogP contribution in [-0.2, 0) is 6.42 Å². The second kappa shape index (κ2) is 6.19. The minimum Gasteiger partial charge on any atom is -0.367 e. The molecule has 1 heterocycles. The second-order valence-electron chi connectivity index (χ2n) is 6.09. The summed E-state index contributed by atoms with van der Waals surface area (Å²) in [5, 5.41) is 3.48. The first kappa shape index (κ1) is 15.7. The molecular weight excluding hydrogens is 238 g/mol. The van der Waals surface area contributed by atoms with Gasteiger partial charge in [-0.15, -0.1) is 0 Å². The first-order chi connectivity index (χ1) is 8.79. The molecule has 0 fully saturated rings. The van der Waals surface area contributed by atoms with Crippen LogP contribution in [0.25, 0.3) is 0 Å². The summed E-state index contributed by atoms with van der Waals surface area (Å²) in [5.74, 6) is 7.92. The van der Waals surface area contributed by atoms with Gasteiger partial charge in [0.15, 0.2) is 0 Å². The van der Waals surface area contributed by atoms with Crippen LogP contribution in [0, 0.1) is 12.3 Å². The molecule has 5 heteroatoms. The van der Waals surface area contributed by atoms with Crippen LogP contribution < -0.4 is 16.6 Å². The number of nitrogens with one attached hydrogen (secondary N) is 2. The van der Waals surface area contributed by atoms with Gasteiger partial charge in [0.05, 0.1) is 0 Å². The van der Waals surface area contributed by atoms with E-state index in [1.165, 1.54) is 0 Å². The van der Waals surface area contributed by atoms with Crippen molar-refractivity contribution in [3.05, 3.63) is 11.4 Å². The molecule has 0 bridgehead atoms. The number of nitrogens with two attached hydrogens (primary N) is 1. The van der Waals surface area contributed by atoms with Crippen molar-refractivity contribution in [2.75, 3.05) is 10.7 Å². The number of hydrazine groups is 1. The van der Waals surface area contributed by atoms with E-state index in [-0.39, 0.29) is 5.41 Å². The Morgan fingerprint density at radius 2 is 1.79 bits per heavy atom. The van der Waals surface area contributed by atoms with Crippen molar-refractivity contribution in [3.8, 4) is 0 Å². The van der Waals surface area contributed by atoms with Crippen LogP contribution in [0.4, 0.5) is 11.6 Å². The lowest BCUT2D eigenvalue weighted by atomic mass is 9.88. The predicted molar refractivity (Wildman–Crippen MR) is 81.1 cm³/mol. The van der Waals surface area contributed by atoms with Crippen molar-refractivity contribution in [1.82, 2.24) is 9.97 Å². The molecule has 0 aromatic carbocycles. The summed E-state index contributed by atoms with van der Waals surface area (Å²) < 4.78 is 0. The standard InChI is InChI=1S/C14H27N5/c1-7-8-11-17-12(9(2)13(18-11)19-15)16-10(3)14(4,5)6/h10H,7-8,15H2,1-6H3,(H2,16,17,18,19). The largest absolute Gasteiger partial charge is 0.367 e. The number of aryl methyl sites for hydroxylation is 1. The third kappa shape index (κ3) is 4.06. The van der Waals surface area contributed by atoms with Gasteiger partial charge in [0.1, 0.15) is 17.5 Å². The van der Waals surface area contributed by atoms with Gasteiger partial charge in [-0.2, -0.15) is 0 Å². The van der Waals surface area contributed by atoms with Crippen molar-refractivity contribution in [3.63, 3.8) is 0 Å². The van der Waals surface area contributed by atoms with E-state index in [9.17, 15) is 0 Å². The highest BCUT2D eigenvalue weighted by atomic mass is 15.3. The molecule has 4 N–H and O–H groups in total. The van der Waals surface area contributed by atoms with Crippen LogP contribution in [0.1, 0.15) is 52.4 Å². The monoisotopic (exact) mass is 265 g/mol. The van der Waals surface area contributed by atoms with Crippen LogP contribution in [0.5, 0.6) is 0 Å². The molecule has 0 spiro atoms. The van der Waals surface area contributed by atoms with Gasteiger partial charge >= 0.3 is 0 Å². The maximum Gasteiger partial charge on any atom is 0.148 e. The third-order valence-electron chi connectivity index (χ3n) is 3.45. The molecule has 0 radical (unpaired) electrons. The van der Waals surface area contributed by atoms with Crippen molar-refractivity contribution >= 4 is 11.6 Å². The number of hydrogen-bond donors (Lipinski definition) is 3. The van der Waals surface area contributed by atoms with Crippen LogP contribution >= 0.6 is 0 Å². The van der Waals surface area contributed by atoms with E-state index in [0.29, 0.717) is 11.9 Å². The maximum atomic E-state index is 5.53. The number of nitrogens with zero attached hydrogens (tertiary/aromatic N) is 2. The molecule has 1 aromatic heterocycles. The van der Waals surface area contributed by atoms with E-state index < -0.39 is 0 Å². The van der Waals surface area contributed by atoms with Gasteiger partial charge in [0.2, 0.25) is 0 Å². The molecule has 108 valence electrons. The minimum absolute atomic E-state index is 0.165. The Morgan fingerprint density at radius 1 is 1.21 bits per heavy atom. The van der Waals surface area contributed by atoms with Crippen LogP contribution in [0.3, 0.4) is 0 Å². The number of rotatable bonds is 5. The quantitative estimate of drug-likeness (QED) is 0.564. The lowest BCUT2D eigenvalue weighted by molar-refractivity contribution is 0.358. The number of aromatic nitrogens is 2. The fourth-order valence-electron chi connectivity index (χ4n) is 1.60. The molecule has 19 heavy (non-hydrogen) atoms. The van der Waals surface area contributed by atoms with E-state index in [1.807, 2.05) is 6.92 Å². The molecule has 0 aliphatic carbocycles. The molecule has 1 atom stereocenters. The van der Waals surface area contributed by atoms with Gasteiger partial charge in [0.25, 0.3) is 0 Å². The second-order valence-corrected chi connectivity index (χ2v) is 6.09. The van der Waals surface area contributed by atoms with Gasteiger partial charge < -0.3 is 10.7 Å². The Labute approximate surface area is 116 Å². The van der Waals surface area contributed by atoms with Gasteiger partial charge in [-0.25, -0.2) is 15.8 Å². The fourth-order valence-corrected chi connectivity index (χ4v) is 1.60. The van der Waals surface area contributed by atoms with Crippen LogP contribution in [-0.4, -0.2) is 16.0 Å². The highest BCUT2D eigenvalue weighted by Crippen LogP contribution is 2.26. The van der Waals surface area contributed by atoms with E-state index in [1.54, 1.807) is 0 Å². The molecule has 5 nitrogen and oxygen atoms in total. The van der Waals surface area contributed by atoms with E-state index in [4.69, 9.17) is 5.84 Å². The Bertz CT molecular complexity index is 423. The lowest BCUT2D eigenvalue weighted by Gasteiger charge is -2.29. The Hall–Kier alpha value is -1.36. The lowest BCUT2D eigenvalue weighted by Crippen LogP contribution is -2.32. The smallest absolute Gasteiger partial charge is 0.148 e. The average molecular weight is 265 g/mol. The Morgan fingerprint density at radius 3 is 2.26 bits per heavy atom. The normalized spacial score (nSPS) is 13.2. The van der Waals surface area contributed by atoms with Gasteiger partial charge in [-0.3, -0.25) is 0 Å². The third-order valence-corrected chi connectivity index (χ3v) is 3.45. The summed E-state index contributed by atoms with van der Waals surface area (Å²) in [5.41, 5.74) is 3.78. The first-order valence-electron chi connectivity index (χ1n) is 6.90. The van der Waals surface area contributed by atoms with Gasteiger partial charge in [-0.05, 0) is 25.7 Å². The minimum atomic E-state index is 0.165. The SMILES string of the molecule is CCCc1nc(NN)c(C)c(NC(C)C(C)(C)C)n1. The zero-order valence-corrected chi connectivity index (χ0v) is 13.0. The summed E-state index contributed by atoms with van der Waals surface area (Å²) in [4.78, 5) is 9.03. The van der Waals surface area contributed by atoms with E-state index in [0.717, 1.165) is 30.0 Å². The molecule has 0 amide bonds. The zero-order valence-electron chi connectivity index (χ0n) is 13.0. The molecule has 0 saturated carbocycles. The average Bonchev–Trinajstić information content (AvgIpc) is 2.32. The molecule has 1 aromatic rings. The summed E-state index contributed by atoms with van der Waals surface area (Å²) in [6.07, 6.45) is 1.87. The van der Waals surface area contributed by atoms with Gasteiger partial charge in [-0.1, -0.05) is 27.7 Å². The summed E-state index contributed by atoms with van der Waals surface area (Å²) in [6, 6.07) is 0.307. The number of nitrogen functional groups attached to an aromatic ring is 1. The van der Waals surface area contributed by atoms with Crippen molar-refractivity contribution in [2.45, 2.75) is 60.4 Å². The summed E-state index contributed by atoms with van der Waals surface area (Å²) in [7, 11) is 0. The molecule has 1 unspecified atom stereocenters. The zero-order chi connectivity index (χ0) is 14.6. The molecule has 1 rings (SSSR count). The predicted octanol–water partition coefficient (Wildman–Crippen LogP) is 2.87. The number of hydrogen-bond acceptors (Lipinski definition) is 5. The molecule has 0 aliphatic rings. The highest BCUT2D eigenvalue weighted by molar-refractivity contribution is 5.57. The molecule has 0 saturated heterocycles. The van der Waals surface area contributed by atoms with Crippen LogP contribution in [0.2, 0.25) is 0 Å². The van der Waals surface area contributed by atoms with Gasteiger partial charge in [0, 0.05) is 18.0 Å². The van der Waals surface area contributed by atoms with E-state index >= 15 is 0 Å². The summed E-state index contributed by atoms with van der Waals surface area (Å²) >= 11 is 0. The van der Waals surface area contributed by atoms with Crippen molar-refractivity contribution in [1.29, 1.82) is 0 Å². The maximum absolute atomic E-state index is 5.53. The highest BCUT2D eigenvalue weighted by Gasteiger charge is 2.21. The first-order valence-corrected chi connectivity index (χ1v) is 6.90. The molecule has 0 aliphatic heterocycles. The topological polar surface area (TPSA) is 75.9 Å². The van der Waals surface area contributed by atoms with Crippen molar-refractivity contribution in [2.24, 2.45) is 11.3 Å². The fraction of sp³-hybridized carbons (Fsp3) is 0.714. The van der Waals surface area contributed by atoms with E-state index in [2.05, 4.69) is 55.3 Å². The molecular formula is C14H27N5. The summed E-state index contributed by atoms with van der Waals surface area (Å²) in [6.45, 7) is 12.9.